The maximum atomic E-state index is 5.24. The zero-order chi connectivity index (χ0) is 11.2. The Hall–Kier alpha value is -1.57. The van der Waals surface area contributed by atoms with Crippen LogP contribution in [0.2, 0.25) is 0 Å². The van der Waals surface area contributed by atoms with Crippen molar-refractivity contribution in [2.75, 3.05) is 0 Å². The Bertz CT molecular complexity index is 419. The van der Waals surface area contributed by atoms with Crippen LogP contribution in [0.1, 0.15) is 30.4 Å². The highest BCUT2D eigenvalue weighted by Crippen LogP contribution is 2.09. The van der Waals surface area contributed by atoms with E-state index < -0.39 is 0 Å². The molecule has 0 saturated heterocycles. The summed E-state index contributed by atoms with van der Waals surface area (Å²) in [5.74, 6) is 1.01. The number of nitrogens with zero attached hydrogens (tertiary/aromatic N) is 1. The second-order valence-electron chi connectivity index (χ2n) is 3.98. The lowest BCUT2D eigenvalue weighted by Crippen LogP contribution is -1.88. The van der Waals surface area contributed by atoms with Crippen LogP contribution >= 0.6 is 0 Å². The zero-order valence-corrected chi connectivity index (χ0v) is 9.65. The molecule has 2 rings (SSSR count). The number of aromatic nitrogens is 1. The molecule has 0 N–H and O–H groups in total. The van der Waals surface area contributed by atoms with Gasteiger partial charge in [-0.05, 0) is 24.8 Å². The van der Waals surface area contributed by atoms with Crippen molar-refractivity contribution in [3.63, 3.8) is 0 Å². The minimum Gasteiger partial charge on any atom is -0.361 e. The molecule has 0 atom stereocenters. The van der Waals surface area contributed by atoms with E-state index in [1.54, 1.807) is 0 Å². The lowest BCUT2D eigenvalue weighted by atomic mass is 10.1. The molecule has 1 aromatic heterocycles. The van der Waals surface area contributed by atoms with E-state index in [1.807, 2.05) is 6.07 Å². The van der Waals surface area contributed by atoms with Gasteiger partial charge in [-0.25, -0.2) is 0 Å². The summed E-state index contributed by atoms with van der Waals surface area (Å²) in [5.41, 5.74) is 2.44. The molecule has 0 bridgehead atoms. The van der Waals surface area contributed by atoms with Gasteiger partial charge in [0.15, 0.2) is 0 Å². The summed E-state index contributed by atoms with van der Waals surface area (Å²) in [5, 5.41) is 3.99. The van der Waals surface area contributed by atoms with Crippen molar-refractivity contribution in [2.24, 2.45) is 0 Å². The van der Waals surface area contributed by atoms with Crippen molar-refractivity contribution in [2.45, 2.75) is 32.6 Å². The lowest BCUT2D eigenvalue weighted by Gasteiger charge is -1.98. The highest BCUT2D eigenvalue weighted by molar-refractivity contribution is 5.15. The normalized spacial score (nSPS) is 10.6. The summed E-state index contributed by atoms with van der Waals surface area (Å²) < 4.78 is 5.24. The third-order valence-electron chi connectivity index (χ3n) is 2.70. The molecule has 0 saturated carbocycles. The Kier molecular flexibility index (Phi) is 3.76. The van der Waals surface area contributed by atoms with Crippen LogP contribution in [-0.2, 0) is 19.3 Å². The second-order valence-corrected chi connectivity index (χ2v) is 3.98. The Morgan fingerprint density at radius 2 is 1.94 bits per heavy atom. The van der Waals surface area contributed by atoms with Gasteiger partial charge in [0.25, 0.3) is 0 Å². The highest BCUT2D eigenvalue weighted by Gasteiger charge is 2.02. The van der Waals surface area contributed by atoms with Crippen molar-refractivity contribution in [1.82, 2.24) is 5.16 Å². The van der Waals surface area contributed by atoms with Crippen molar-refractivity contribution in [1.29, 1.82) is 0 Å². The fourth-order valence-electron chi connectivity index (χ4n) is 1.75. The quantitative estimate of drug-likeness (QED) is 0.764. The smallest absolute Gasteiger partial charge is 0.137 e. The lowest BCUT2D eigenvalue weighted by molar-refractivity contribution is 0.375. The fraction of sp³-hybridized carbons (Fsp3) is 0.357. The van der Waals surface area contributed by atoms with Crippen molar-refractivity contribution in [3.8, 4) is 0 Å². The third-order valence-corrected chi connectivity index (χ3v) is 2.70. The van der Waals surface area contributed by atoms with Crippen LogP contribution < -0.4 is 0 Å². The molecule has 0 radical (unpaired) electrons. The van der Waals surface area contributed by atoms with Crippen LogP contribution in [0.5, 0.6) is 0 Å². The molecule has 0 fully saturated rings. The van der Waals surface area contributed by atoms with Crippen LogP contribution in [0.3, 0.4) is 0 Å². The van der Waals surface area contributed by atoms with Crippen LogP contribution in [0, 0.1) is 0 Å². The maximum absolute atomic E-state index is 5.24. The number of hydrogen-bond acceptors (Lipinski definition) is 2. The van der Waals surface area contributed by atoms with E-state index >= 15 is 0 Å². The van der Waals surface area contributed by atoms with Crippen LogP contribution in [0.4, 0.5) is 0 Å². The SMILES string of the molecule is CCc1cc(CCCc2ccccc2)on1. The first-order chi connectivity index (χ1) is 7.88. The molecular weight excluding hydrogens is 198 g/mol. The minimum atomic E-state index is 0.947. The van der Waals surface area contributed by atoms with Gasteiger partial charge in [-0.2, -0.15) is 0 Å². The monoisotopic (exact) mass is 215 g/mol. The summed E-state index contributed by atoms with van der Waals surface area (Å²) in [4.78, 5) is 0. The van der Waals surface area contributed by atoms with E-state index in [-0.39, 0.29) is 0 Å². The molecule has 0 aliphatic carbocycles. The van der Waals surface area contributed by atoms with Crippen LogP contribution in [-0.4, -0.2) is 5.16 Å². The first-order valence-corrected chi connectivity index (χ1v) is 5.87. The van der Waals surface area contributed by atoms with Gasteiger partial charge in [0.2, 0.25) is 0 Å². The second kappa shape index (κ2) is 5.50. The Morgan fingerprint density at radius 3 is 2.62 bits per heavy atom. The van der Waals surface area contributed by atoms with E-state index in [0.717, 1.165) is 37.1 Å². The number of rotatable bonds is 5. The van der Waals surface area contributed by atoms with Crippen molar-refractivity contribution >= 4 is 0 Å². The Labute approximate surface area is 96.3 Å². The predicted octanol–water partition coefficient (Wildman–Crippen LogP) is 3.41. The number of aryl methyl sites for hydroxylation is 3. The molecule has 2 heteroatoms. The van der Waals surface area contributed by atoms with E-state index in [0.29, 0.717) is 0 Å². The minimum absolute atomic E-state index is 0.947. The van der Waals surface area contributed by atoms with E-state index in [1.165, 1.54) is 5.56 Å². The standard InChI is InChI=1S/C14H17NO/c1-2-13-11-14(16-15-13)10-6-9-12-7-4-3-5-8-12/h3-5,7-8,11H,2,6,9-10H2,1H3. The van der Waals surface area contributed by atoms with Gasteiger partial charge in [-0.3, -0.25) is 0 Å². The van der Waals surface area contributed by atoms with E-state index in [9.17, 15) is 0 Å². The van der Waals surface area contributed by atoms with E-state index in [2.05, 4.69) is 42.4 Å². The first-order valence-electron chi connectivity index (χ1n) is 5.87. The molecular formula is C14H17NO. The summed E-state index contributed by atoms with van der Waals surface area (Å²) >= 11 is 0. The highest BCUT2D eigenvalue weighted by atomic mass is 16.5. The van der Waals surface area contributed by atoms with Crippen molar-refractivity contribution in [3.05, 3.63) is 53.4 Å². The molecule has 1 aromatic carbocycles. The van der Waals surface area contributed by atoms with Gasteiger partial charge >= 0.3 is 0 Å². The Morgan fingerprint density at radius 1 is 1.12 bits per heavy atom. The van der Waals surface area contributed by atoms with Crippen LogP contribution in [0.15, 0.2) is 40.9 Å². The summed E-state index contributed by atoms with van der Waals surface area (Å²) in [6, 6.07) is 12.6. The van der Waals surface area contributed by atoms with E-state index in [4.69, 9.17) is 4.52 Å². The predicted molar refractivity (Wildman–Crippen MR) is 64.3 cm³/mol. The average Bonchev–Trinajstić information content (AvgIpc) is 2.78. The van der Waals surface area contributed by atoms with Gasteiger partial charge < -0.3 is 4.52 Å². The number of benzene rings is 1. The van der Waals surface area contributed by atoms with Gasteiger partial charge in [0.1, 0.15) is 5.76 Å². The Balaban J connectivity index is 1.80. The number of hydrogen-bond donors (Lipinski definition) is 0. The summed E-state index contributed by atoms with van der Waals surface area (Å²) in [6.07, 6.45) is 4.13. The van der Waals surface area contributed by atoms with Gasteiger partial charge in [0.05, 0.1) is 5.69 Å². The molecule has 2 nitrogen and oxygen atoms in total. The fourth-order valence-corrected chi connectivity index (χ4v) is 1.75. The van der Waals surface area contributed by atoms with Crippen LogP contribution in [0.25, 0.3) is 0 Å². The third kappa shape index (κ3) is 2.96. The maximum Gasteiger partial charge on any atom is 0.137 e. The molecule has 0 aliphatic rings. The molecule has 0 amide bonds. The molecule has 0 spiro atoms. The molecule has 0 aliphatic heterocycles. The van der Waals surface area contributed by atoms with Gasteiger partial charge in [-0.15, -0.1) is 0 Å². The zero-order valence-electron chi connectivity index (χ0n) is 9.65. The summed E-state index contributed by atoms with van der Waals surface area (Å²) in [7, 11) is 0. The van der Waals surface area contributed by atoms with Crippen molar-refractivity contribution < 1.29 is 4.52 Å². The average molecular weight is 215 g/mol. The molecule has 84 valence electrons. The molecule has 1 heterocycles. The molecule has 2 aromatic rings. The topological polar surface area (TPSA) is 26.0 Å². The first kappa shape index (κ1) is 10.9. The van der Waals surface area contributed by atoms with Gasteiger partial charge in [0, 0.05) is 12.5 Å². The molecule has 16 heavy (non-hydrogen) atoms. The molecule has 0 unspecified atom stereocenters. The summed E-state index contributed by atoms with van der Waals surface area (Å²) in [6.45, 7) is 2.09. The van der Waals surface area contributed by atoms with Gasteiger partial charge in [-0.1, -0.05) is 42.4 Å². The largest absolute Gasteiger partial charge is 0.361 e.